The van der Waals surface area contributed by atoms with Gasteiger partial charge in [0.15, 0.2) is 0 Å². The molecule has 1 fully saturated rings. The first kappa shape index (κ1) is 14.5. The van der Waals surface area contributed by atoms with Crippen LogP contribution in [0.5, 0.6) is 0 Å². The Hall–Kier alpha value is -0.910. The van der Waals surface area contributed by atoms with Crippen LogP contribution in [-0.2, 0) is 10.0 Å². The molecule has 0 radical (unpaired) electrons. The number of nitrogens with zero attached hydrogens (tertiary/aromatic N) is 1. The van der Waals surface area contributed by atoms with E-state index in [1.807, 2.05) is 6.07 Å². The molecule has 1 atom stereocenters. The standard InChI is InChI=1S/C14H22N2O2S/c1-13-7-5-6-11-16(13)12-10-15-19(17,18)14-8-3-2-4-9-14/h2-4,8-9,13,15H,5-7,10-12H2,1H3. The summed E-state index contributed by atoms with van der Waals surface area (Å²) in [5.74, 6) is 0. The first-order chi connectivity index (χ1) is 9.09. The van der Waals surface area contributed by atoms with Crippen molar-refractivity contribution in [3.05, 3.63) is 30.3 Å². The van der Waals surface area contributed by atoms with Crippen LogP contribution in [-0.4, -0.2) is 39.0 Å². The highest BCUT2D eigenvalue weighted by Gasteiger charge is 2.19. The molecule has 0 saturated carbocycles. The van der Waals surface area contributed by atoms with Gasteiger partial charge in [-0.1, -0.05) is 24.6 Å². The van der Waals surface area contributed by atoms with Crippen molar-refractivity contribution in [3.8, 4) is 0 Å². The molecule has 1 unspecified atom stereocenters. The lowest BCUT2D eigenvalue weighted by atomic mass is 10.0. The zero-order valence-corrected chi connectivity index (χ0v) is 12.2. The molecule has 4 nitrogen and oxygen atoms in total. The third-order valence-corrected chi connectivity index (χ3v) is 5.16. The molecule has 1 aliphatic rings. The van der Waals surface area contributed by atoms with Crippen molar-refractivity contribution in [2.24, 2.45) is 0 Å². The number of hydrogen-bond donors (Lipinski definition) is 1. The van der Waals surface area contributed by atoms with Gasteiger partial charge < -0.3 is 0 Å². The van der Waals surface area contributed by atoms with E-state index < -0.39 is 10.0 Å². The van der Waals surface area contributed by atoms with E-state index in [0.717, 1.165) is 13.1 Å². The van der Waals surface area contributed by atoms with Crippen LogP contribution in [0.25, 0.3) is 0 Å². The van der Waals surface area contributed by atoms with E-state index in [9.17, 15) is 8.42 Å². The molecule has 1 aliphatic heterocycles. The Labute approximate surface area is 115 Å². The maximum atomic E-state index is 12.0. The van der Waals surface area contributed by atoms with Gasteiger partial charge in [0.2, 0.25) is 10.0 Å². The number of likely N-dealkylation sites (tertiary alicyclic amines) is 1. The molecular formula is C14H22N2O2S. The van der Waals surface area contributed by atoms with Gasteiger partial charge in [-0.3, -0.25) is 4.90 Å². The van der Waals surface area contributed by atoms with Gasteiger partial charge >= 0.3 is 0 Å². The predicted octanol–water partition coefficient (Wildman–Crippen LogP) is 1.84. The van der Waals surface area contributed by atoms with Gasteiger partial charge in [0.1, 0.15) is 0 Å². The average Bonchev–Trinajstić information content (AvgIpc) is 2.42. The highest BCUT2D eigenvalue weighted by molar-refractivity contribution is 7.89. The molecule has 5 heteroatoms. The van der Waals surface area contributed by atoms with Crippen LogP contribution in [0.2, 0.25) is 0 Å². The molecule has 1 heterocycles. The summed E-state index contributed by atoms with van der Waals surface area (Å²) in [6.45, 7) is 4.55. The fourth-order valence-corrected chi connectivity index (χ4v) is 3.54. The van der Waals surface area contributed by atoms with Crippen molar-refractivity contribution in [1.29, 1.82) is 0 Å². The maximum Gasteiger partial charge on any atom is 0.240 e. The number of hydrogen-bond acceptors (Lipinski definition) is 3. The van der Waals surface area contributed by atoms with Crippen LogP contribution in [0.15, 0.2) is 35.2 Å². The summed E-state index contributed by atoms with van der Waals surface area (Å²) in [5, 5.41) is 0. The summed E-state index contributed by atoms with van der Waals surface area (Å²) in [7, 11) is -3.36. The summed E-state index contributed by atoms with van der Waals surface area (Å²) in [5.41, 5.74) is 0. The lowest BCUT2D eigenvalue weighted by Gasteiger charge is -2.33. The zero-order valence-electron chi connectivity index (χ0n) is 11.4. The SMILES string of the molecule is CC1CCCCN1CCNS(=O)(=O)c1ccccc1. The minimum absolute atomic E-state index is 0.335. The Kier molecular flexibility index (Phi) is 4.96. The molecule has 0 amide bonds. The molecule has 106 valence electrons. The quantitative estimate of drug-likeness (QED) is 0.896. The van der Waals surface area contributed by atoms with Gasteiger partial charge in [0.25, 0.3) is 0 Å². The molecule has 0 aliphatic carbocycles. The number of nitrogens with one attached hydrogen (secondary N) is 1. The van der Waals surface area contributed by atoms with E-state index in [-0.39, 0.29) is 0 Å². The molecule has 1 aromatic carbocycles. The molecule has 1 aromatic rings. The third kappa shape index (κ3) is 4.03. The van der Waals surface area contributed by atoms with Gasteiger partial charge in [-0.25, -0.2) is 13.1 Å². The second-order valence-electron chi connectivity index (χ2n) is 5.09. The minimum Gasteiger partial charge on any atom is -0.299 e. The van der Waals surface area contributed by atoms with Gasteiger partial charge in [-0.05, 0) is 38.4 Å². The molecule has 0 aromatic heterocycles. The van der Waals surface area contributed by atoms with Crippen molar-refractivity contribution >= 4 is 10.0 Å². The molecule has 0 spiro atoms. The smallest absolute Gasteiger partial charge is 0.240 e. The van der Waals surface area contributed by atoms with E-state index in [4.69, 9.17) is 0 Å². The van der Waals surface area contributed by atoms with Crippen molar-refractivity contribution in [2.45, 2.75) is 37.1 Å². The van der Waals surface area contributed by atoms with Gasteiger partial charge in [0.05, 0.1) is 4.90 Å². The van der Waals surface area contributed by atoms with Crippen molar-refractivity contribution < 1.29 is 8.42 Å². The van der Waals surface area contributed by atoms with Crippen molar-refractivity contribution in [3.63, 3.8) is 0 Å². The Morgan fingerprint density at radius 3 is 2.68 bits per heavy atom. The van der Waals surface area contributed by atoms with Crippen LogP contribution in [0.4, 0.5) is 0 Å². The Bertz CT molecular complexity index is 487. The van der Waals surface area contributed by atoms with Crippen molar-refractivity contribution in [1.82, 2.24) is 9.62 Å². The minimum atomic E-state index is -3.36. The fourth-order valence-electron chi connectivity index (χ4n) is 2.50. The highest BCUT2D eigenvalue weighted by Crippen LogP contribution is 2.15. The van der Waals surface area contributed by atoms with Crippen LogP contribution in [0.1, 0.15) is 26.2 Å². The summed E-state index contributed by atoms with van der Waals surface area (Å²) < 4.78 is 26.7. The molecular weight excluding hydrogens is 260 g/mol. The summed E-state index contributed by atoms with van der Waals surface area (Å²) in [6.07, 6.45) is 3.72. The first-order valence-electron chi connectivity index (χ1n) is 6.88. The number of benzene rings is 1. The van der Waals surface area contributed by atoms with Crippen LogP contribution >= 0.6 is 0 Å². The monoisotopic (exact) mass is 282 g/mol. The Balaban J connectivity index is 1.85. The topological polar surface area (TPSA) is 49.4 Å². The molecule has 1 saturated heterocycles. The molecule has 2 rings (SSSR count). The van der Waals surface area contributed by atoms with Gasteiger partial charge in [0, 0.05) is 19.1 Å². The summed E-state index contributed by atoms with van der Waals surface area (Å²) >= 11 is 0. The fraction of sp³-hybridized carbons (Fsp3) is 0.571. The van der Waals surface area contributed by atoms with Crippen LogP contribution in [0, 0.1) is 0 Å². The Morgan fingerprint density at radius 1 is 1.26 bits per heavy atom. The normalized spacial score (nSPS) is 21.4. The second kappa shape index (κ2) is 6.50. The lowest BCUT2D eigenvalue weighted by molar-refractivity contribution is 0.164. The largest absolute Gasteiger partial charge is 0.299 e. The maximum absolute atomic E-state index is 12.0. The third-order valence-electron chi connectivity index (χ3n) is 3.69. The second-order valence-corrected chi connectivity index (χ2v) is 6.86. The van der Waals surface area contributed by atoms with Crippen molar-refractivity contribution in [2.75, 3.05) is 19.6 Å². The van der Waals surface area contributed by atoms with E-state index >= 15 is 0 Å². The molecule has 19 heavy (non-hydrogen) atoms. The van der Waals surface area contributed by atoms with E-state index in [0.29, 0.717) is 17.5 Å². The zero-order chi connectivity index (χ0) is 13.7. The summed E-state index contributed by atoms with van der Waals surface area (Å²) in [6, 6.07) is 9.09. The predicted molar refractivity (Wildman–Crippen MR) is 76.5 cm³/mol. The van der Waals surface area contributed by atoms with Gasteiger partial charge in [-0.15, -0.1) is 0 Å². The van der Waals surface area contributed by atoms with Crippen LogP contribution < -0.4 is 4.72 Å². The number of piperidine rings is 1. The lowest BCUT2D eigenvalue weighted by Crippen LogP contribution is -2.42. The molecule has 0 bridgehead atoms. The van der Waals surface area contributed by atoms with E-state index in [1.165, 1.54) is 19.3 Å². The van der Waals surface area contributed by atoms with E-state index in [1.54, 1.807) is 24.3 Å². The summed E-state index contributed by atoms with van der Waals surface area (Å²) in [4.78, 5) is 2.69. The molecule has 1 N–H and O–H groups in total. The average molecular weight is 282 g/mol. The van der Waals surface area contributed by atoms with Crippen LogP contribution in [0.3, 0.4) is 0 Å². The Morgan fingerprint density at radius 2 is 2.00 bits per heavy atom. The van der Waals surface area contributed by atoms with Gasteiger partial charge in [-0.2, -0.15) is 0 Å². The highest BCUT2D eigenvalue weighted by atomic mass is 32.2. The number of rotatable bonds is 5. The first-order valence-corrected chi connectivity index (χ1v) is 8.37. The van der Waals surface area contributed by atoms with E-state index in [2.05, 4.69) is 16.5 Å². The number of sulfonamides is 1.